The summed E-state index contributed by atoms with van der Waals surface area (Å²) >= 11 is 1.63. The summed E-state index contributed by atoms with van der Waals surface area (Å²) in [4.78, 5) is 12.6. The van der Waals surface area contributed by atoms with Crippen LogP contribution in [0.5, 0.6) is 0 Å². The molecule has 1 N–H and O–H groups in total. The van der Waals surface area contributed by atoms with Gasteiger partial charge in [-0.1, -0.05) is 6.07 Å². The summed E-state index contributed by atoms with van der Waals surface area (Å²) in [5.41, 5.74) is 0. The van der Waals surface area contributed by atoms with Gasteiger partial charge in [-0.3, -0.25) is 9.52 Å². The van der Waals surface area contributed by atoms with Crippen molar-refractivity contribution in [1.29, 1.82) is 0 Å². The van der Waals surface area contributed by atoms with Crippen molar-refractivity contribution in [1.82, 2.24) is 4.72 Å². The monoisotopic (exact) mass is 291 g/mol. The van der Waals surface area contributed by atoms with Gasteiger partial charge < -0.3 is 4.74 Å². The molecule has 0 aliphatic carbocycles. The Balaban J connectivity index is 2.25. The summed E-state index contributed by atoms with van der Waals surface area (Å²) < 4.78 is 29.5. The highest BCUT2D eigenvalue weighted by Crippen LogP contribution is 2.11. The fourth-order valence-corrected chi connectivity index (χ4v) is 3.03. The third-order valence-corrected chi connectivity index (χ3v) is 4.41. The van der Waals surface area contributed by atoms with Gasteiger partial charge in [-0.15, -0.1) is 11.3 Å². The number of thiophene rings is 1. The van der Waals surface area contributed by atoms with Crippen molar-refractivity contribution in [2.45, 2.75) is 19.3 Å². The number of carbonyl (C=O) groups excluding carboxylic acids is 1. The van der Waals surface area contributed by atoms with Gasteiger partial charge in [0, 0.05) is 18.4 Å². The van der Waals surface area contributed by atoms with Crippen molar-refractivity contribution in [3.63, 3.8) is 0 Å². The first-order chi connectivity index (χ1) is 8.53. The Morgan fingerprint density at radius 1 is 1.50 bits per heavy atom. The lowest BCUT2D eigenvalue weighted by molar-refractivity contribution is -0.119. The van der Waals surface area contributed by atoms with Crippen LogP contribution < -0.4 is 4.72 Å². The van der Waals surface area contributed by atoms with Crippen LogP contribution in [0.15, 0.2) is 17.5 Å². The number of sulfonamides is 1. The number of amides is 1. The molecule has 0 aliphatic heterocycles. The van der Waals surface area contributed by atoms with Crippen LogP contribution in [0.2, 0.25) is 0 Å². The number of aryl methyl sites for hydroxylation is 1. The third kappa shape index (κ3) is 6.13. The van der Waals surface area contributed by atoms with Crippen molar-refractivity contribution in [3.05, 3.63) is 22.4 Å². The molecule has 1 heterocycles. The first kappa shape index (κ1) is 15.1. The molecular formula is C11H17NO4S2. The fourth-order valence-electron chi connectivity index (χ4n) is 1.35. The Hall–Kier alpha value is -0.920. The van der Waals surface area contributed by atoms with Gasteiger partial charge in [-0.05, 0) is 24.3 Å². The molecule has 1 aromatic rings. The highest BCUT2D eigenvalue weighted by Gasteiger charge is 2.13. The molecule has 1 amide bonds. The second-order valence-corrected chi connectivity index (χ2v) is 6.64. The van der Waals surface area contributed by atoms with E-state index in [4.69, 9.17) is 0 Å². The summed E-state index contributed by atoms with van der Waals surface area (Å²) in [6.45, 7) is 0.0812. The van der Waals surface area contributed by atoms with Crippen molar-refractivity contribution >= 4 is 27.3 Å². The molecule has 0 aliphatic rings. The van der Waals surface area contributed by atoms with Crippen LogP contribution in [0.1, 0.15) is 17.7 Å². The molecule has 0 radical (unpaired) electrons. The first-order valence-electron chi connectivity index (χ1n) is 5.58. The zero-order valence-corrected chi connectivity index (χ0v) is 11.9. The lowest BCUT2D eigenvalue weighted by Crippen LogP contribution is -2.33. The largest absolute Gasteiger partial charge is 0.384 e. The molecule has 1 rings (SSSR count). The van der Waals surface area contributed by atoms with Gasteiger partial charge in [0.25, 0.3) is 0 Å². The van der Waals surface area contributed by atoms with Gasteiger partial charge in [0.15, 0.2) is 0 Å². The predicted molar refractivity (Wildman–Crippen MR) is 71.1 cm³/mol. The van der Waals surface area contributed by atoms with Crippen molar-refractivity contribution in [2.75, 3.05) is 19.5 Å². The summed E-state index contributed by atoms with van der Waals surface area (Å²) in [5, 5.41) is 1.98. The van der Waals surface area contributed by atoms with E-state index in [2.05, 4.69) is 4.74 Å². The van der Waals surface area contributed by atoms with Gasteiger partial charge in [0.1, 0.15) is 0 Å². The van der Waals surface area contributed by atoms with Crippen LogP contribution in [0.25, 0.3) is 0 Å². The topological polar surface area (TPSA) is 72.5 Å². The number of ether oxygens (including phenoxy) is 1. The van der Waals surface area contributed by atoms with E-state index in [1.165, 1.54) is 12.0 Å². The maximum atomic E-state index is 11.4. The summed E-state index contributed by atoms with van der Waals surface area (Å²) in [6, 6.07) is 3.95. The lowest BCUT2D eigenvalue weighted by Gasteiger charge is -2.05. The van der Waals surface area contributed by atoms with Gasteiger partial charge in [0.05, 0.1) is 12.4 Å². The Morgan fingerprint density at radius 3 is 2.89 bits per heavy atom. The fraction of sp³-hybridized carbons (Fsp3) is 0.545. The van der Waals surface area contributed by atoms with Crippen molar-refractivity contribution < 1.29 is 17.9 Å². The van der Waals surface area contributed by atoms with Crippen molar-refractivity contribution in [3.8, 4) is 0 Å². The smallest absolute Gasteiger partial charge is 0.237 e. The molecule has 0 saturated carbocycles. The molecule has 0 aromatic carbocycles. The minimum atomic E-state index is -3.55. The molecule has 5 nitrogen and oxygen atoms in total. The van der Waals surface area contributed by atoms with Crippen LogP contribution in [-0.4, -0.2) is 33.8 Å². The molecule has 102 valence electrons. The van der Waals surface area contributed by atoms with E-state index < -0.39 is 15.9 Å². The maximum Gasteiger partial charge on any atom is 0.237 e. The molecule has 18 heavy (non-hydrogen) atoms. The van der Waals surface area contributed by atoms with E-state index in [0.29, 0.717) is 6.42 Å². The standard InChI is InChI=1S/C11H17NO4S2/c1-16-7-9-18(14,15)12-11(13)6-2-4-10-5-3-8-17-10/h3,5,8H,2,4,6-7,9H2,1H3,(H,12,13). The zero-order valence-electron chi connectivity index (χ0n) is 10.2. The Labute approximate surface area is 111 Å². The number of hydrogen-bond acceptors (Lipinski definition) is 5. The molecule has 0 spiro atoms. The molecular weight excluding hydrogens is 274 g/mol. The van der Waals surface area contributed by atoms with E-state index in [1.807, 2.05) is 22.2 Å². The minimum absolute atomic E-state index is 0.0812. The quantitative estimate of drug-likeness (QED) is 0.780. The summed E-state index contributed by atoms with van der Waals surface area (Å²) in [5.74, 6) is -0.650. The van der Waals surface area contributed by atoms with E-state index in [1.54, 1.807) is 11.3 Å². The van der Waals surface area contributed by atoms with E-state index in [-0.39, 0.29) is 18.8 Å². The Bertz CT molecular complexity index is 453. The number of carbonyl (C=O) groups is 1. The third-order valence-electron chi connectivity index (χ3n) is 2.23. The molecule has 0 saturated heterocycles. The summed E-state index contributed by atoms with van der Waals surface area (Å²) in [6.07, 6.45) is 1.65. The molecule has 0 bridgehead atoms. The Morgan fingerprint density at radius 2 is 2.28 bits per heavy atom. The van der Waals surface area contributed by atoms with Crippen LogP contribution >= 0.6 is 11.3 Å². The average molecular weight is 291 g/mol. The normalized spacial score (nSPS) is 11.4. The van der Waals surface area contributed by atoms with Gasteiger partial charge in [-0.25, -0.2) is 8.42 Å². The number of rotatable bonds is 8. The van der Waals surface area contributed by atoms with Crippen LogP contribution in [0.3, 0.4) is 0 Å². The van der Waals surface area contributed by atoms with Gasteiger partial charge in [0.2, 0.25) is 15.9 Å². The van der Waals surface area contributed by atoms with E-state index in [9.17, 15) is 13.2 Å². The van der Waals surface area contributed by atoms with Gasteiger partial charge in [-0.2, -0.15) is 0 Å². The molecule has 0 fully saturated rings. The number of hydrogen-bond donors (Lipinski definition) is 1. The Kier molecular flexibility index (Phi) is 6.31. The number of methoxy groups -OCH3 is 1. The highest BCUT2D eigenvalue weighted by molar-refractivity contribution is 7.90. The van der Waals surface area contributed by atoms with Crippen LogP contribution in [0.4, 0.5) is 0 Å². The van der Waals surface area contributed by atoms with Crippen LogP contribution in [0, 0.1) is 0 Å². The number of nitrogens with one attached hydrogen (secondary N) is 1. The average Bonchev–Trinajstić information content (AvgIpc) is 2.79. The predicted octanol–water partition coefficient (Wildman–Crippen LogP) is 1.16. The van der Waals surface area contributed by atoms with Gasteiger partial charge >= 0.3 is 0 Å². The molecule has 0 unspecified atom stereocenters. The molecule has 0 atom stereocenters. The minimum Gasteiger partial charge on any atom is -0.384 e. The molecule has 7 heteroatoms. The second-order valence-electron chi connectivity index (χ2n) is 3.77. The lowest BCUT2D eigenvalue weighted by atomic mass is 10.2. The maximum absolute atomic E-state index is 11.4. The zero-order chi connectivity index (χ0) is 13.4. The van der Waals surface area contributed by atoms with E-state index >= 15 is 0 Å². The van der Waals surface area contributed by atoms with E-state index in [0.717, 1.165) is 6.42 Å². The highest BCUT2D eigenvalue weighted by atomic mass is 32.2. The molecule has 1 aromatic heterocycles. The first-order valence-corrected chi connectivity index (χ1v) is 8.11. The van der Waals surface area contributed by atoms with Crippen molar-refractivity contribution in [2.24, 2.45) is 0 Å². The summed E-state index contributed by atoms with van der Waals surface area (Å²) in [7, 11) is -2.13. The van der Waals surface area contributed by atoms with Crippen LogP contribution in [-0.2, 0) is 26.0 Å². The second kappa shape index (κ2) is 7.50. The SMILES string of the molecule is COCCS(=O)(=O)NC(=O)CCCc1cccs1.